The number of hydrogen-bond donors (Lipinski definition) is 3. The number of nitrogens with one attached hydrogen (secondary N) is 1. The second-order valence-electron chi connectivity index (χ2n) is 4.92. The molecule has 0 aliphatic heterocycles. The molecule has 112 valence electrons. The van der Waals surface area contributed by atoms with Gasteiger partial charge in [0.1, 0.15) is 5.75 Å². The molecule has 0 spiro atoms. The number of rotatable bonds is 7. The molecule has 0 saturated carbocycles. The van der Waals surface area contributed by atoms with Gasteiger partial charge in [-0.3, -0.25) is 0 Å². The highest BCUT2D eigenvalue weighted by Crippen LogP contribution is 2.18. The van der Waals surface area contributed by atoms with Crippen LogP contribution in [-0.4, -0.2) is 24.9 Å². The minimum Gasteiger partial charge on any atom is -0.497 e. The molecule has 4 nitrogen and oxygen atoms in total. The van der Waals surface area contributed by atoms with Gasteiger partial charge in [0.15, 0.2) is 0 Å². The highest BCUT2D eigenvalue weighted by Gasteiger charge is 2.19. The molecule has 21 heavy (non-hydrogen) atoms. The molecule has 0 radical (unpaired) electrons. The normalized spacial score (nSPS) is 13.7. The van der Waals surface area contributed by atoms with Gasteiger partial charge in [-0.2, -0.15) is 0 Å². The maximum absolute atomic E-state index is 10.1. The van der Waals surface area contributed by atoms with E-state index in [1.165, 1.54) is 0 Å². The van der Waals surface area contributed by atoms with Crippen molar-refractivity contribution in [2.75, 3.05) is 13.7 Å². The van der Waals surface area contributed by atoms with Crippen molar-refractivity contribution in [1.82, 2.24) is 5.32 Å². The molecule has 4 N–H and O–H groups in total. The van der Waals surface area contributed by atoms with Crippen LogP contribution >= 0.6 is 0 Å². The van der Waals surface area contributed by atoms with Crippen LogP contribution in [0.3, 0.4) is 0 Å². The summed E-state index contributed by atoms with van der Waals surface area (Å²) >= 11 is 0. The van der Waals surface area contributed by atoms with Crippen molar-refractivity contribution in [2.24, 2.45) is 5.73 Å². The second-order valence-corrected chi connectivity index (χ2v) is 4.92. The van der Waals surface area contributed by atoms with E-state index in [0.717, 1.165) is 16.9 Å². The zero-order valence-electron chi connectivity index (χ0n) is 12.2. The average Bonchev–Trinajstić information content (AvgIpc) is 2.56. The largest absolute Gasteiger partial charge is 0.497 e. The third-order valence-corrected chi connectivity index (χ3v) is 3.45. The van der Waals surface area contributed by atoms with Gasteiger partial charge in [-0.1, -0.05) is 42.5 Å². The van der Waals surface area contributed by atoms with E-state index in [9.17, 15) is 5.11 Å². The van der Waals surface area contributed by atoms with Crippen molar-refractivity contribution >= 4 is 0 Å². The van der Waals surface area contributed by atoms with Crippen LogP contribution in [0.15, 0.2) is 54.6 Å². The van der Waals surface area contributed by atoms with Crippen molar-refractivity contribution in [3.8, 4) is 5.75 Å². The summed E-state index contributed by atoms with van der Waals surface area (Å²) in [5, 5.41) is 13.5. The molecule has 0 heterocycles. The lowest BCUT2D eigenvalue weighted by Gasteiger charge is -2.24. The van der Waals surface area contributed by atoms with Crippen molar-refractivity contribution in [3.05, 3.63) is 65.7 Å². The lowest BCUT2D eigenvalue weighted by Crippen LogP contribution is -2.36. The molecular weight excluding hydrogens is 264 g/mol. The summed E-state index contributed by atoms with van der Waals surface area (Å²) in [5.41, 5.74) is 7.74. The molecule has 0 saturated heterocycles. The summed E-state index contributed by atoms with van der Waals surface area (Å²) in [7, 11) is 1.65. The molecule has 0 aliphatic rings. The van der Waals surface area contributed by atoms with Crippen LogP contribution in [0.2, 0.25) is 0 Å². The first-order valence-corrected chi connectivity index (χ1v) is 7.04. The molecule has 0 aromatic heterocycles. The molecule has 0 fully saturated rings. The first-order valence-electron chi connectivity index (χ1n) is 7.04. The van der Waals surface area contributed by atoms with Crippen LogP contribution in [0.4, 0.5) is 0 Å². The lowest BCUT2D eigenvalue weighted by molar-refractivity contribution is 0.134. The van der Waals surface area contributed by atoms with E-state index in [1.54, 1.807) is 7.11 Å². The molecule has 2 atom stereocenters. The predicted octanol–water partition coefficient (Wildman–Crippen LogP) is 1.85. The fourth-order valence-electron chi connectivity index (χ4n) is 2.28. The number of ether oxygens (including phenoxy) is 1. The molecule has 2 aromatic carbocycles. The maximum atomic E-state index is 10.1. The van der Waals surface area contributed by atoms with Crippen molar-refractivity contribution < 1.29 is 9.84 Å². The Morgan fingerprint density at radius 3 is 2.57 bits per heavy atom. The average molecular weight is 286 g/mol. The SMILES string of the molecule is COc1cccc(CN[C@@H](c2ccccc2)[C@H](O)CN)c1. The predicted molar refractivity (Wildman–Crippen MR) is 84.1 cm³/mol. The Morgan fingerprint density at radius 2 is 1.90 bits per heavy atom. The van der Waals surface area contributed by atoms with E-state index in [4.69, 9.17) is 10.5 Å². The van der Waals surface area contributed by atoms with Crippen molar-refractivity contribution in [2.45, 2.75) is 18.7 Å². The van der Waals surface area contributed by atoms with Gasteiger partial charge in [0.2, 0.25) is 0 Å². The summed E-state index contributed by atoms with van der Waals surface area (Å²) in [6, 6.07) is 17.5. The maximum Gasteiger partial charge on any atom is 0.119 e. The molecule has 0 amide bonds. The fourth-order valence-corrected chi connectivity index (χ4v) is 2.28. The Morgan fingerprint density at radius 1 is 1.14 bits per heavy atom. The van der Waals surface area contributed by atoms with Crippen LogP contribution < -0.4 is 15.8 Å². The van der Waals surface area contributed by atoms with Gasteiger partial charge < -0.3 is 20.9 Å². The number of methoxy groups -OCH3 is 1. The minimum atomic E-state index is -0.627. The topological polar surface area (TPSA) is 67.5 Å². The van der Waals surface area contributed by atoms with E-state index >= 15 is 0 Å². The van der Waals surface area contributed by atoms with Crippen LogP contribution in [-0.2, 0) is 6.54 Å². The highest BCUT2D eigenvalue weighted by atomic mass is 16.5. The Labute approximate surface area is 125 Å². The number of hydrogen-bond acceptors (Lipinski definition) is 4. The molecule has 4 heteroatoms. The third kappa shape index (κ3) is 4.29. The van der Waals surface area contributed by atoms with Crippen LogP contribution in [0.25, 0.3) is 0 Å². The summed E-state index contributed by atoms with van der Waals surface area (Å²) < 4.78 is 5.22. The van der Waals surface area contributed by atoms with E-state index in [0.29, 0.717) is 6.54 Å². The van der Waals surface area contributed by atoms with Crippen LogP contribution in [0, 0.1) is 0 Å². The highest BCUT2D eigenvalue weighted by molar-refractivity contribution is 5.28. The van der Waals surface area contributed by atoms with E-state index in [2.05, 4.69) is 5.32 Å². The monoisotopic (exact) mass is 286 g/mol. The fraction of sp³-hybridized carbons (Fsp3) is 0.294. The van der Waals surface area contributed by atoms with Gasteiger partial charge in [0, 0.05) is 13.1 Å². The lowest BCUT2D eigenvalue weighted by atomic mass is 10.0. The van der Waals surface area contributed by atoms with E-state index in [-0.39, 0.29) is 12.6 Å². The summed E-state index contributed by atoms with van der Waals surface area (Å²) in [4.78, 5) is 0. The summed E-state index contributed by atoms with van der Waals surface area (Å²) in [5.74, 6) is 0.824. The second kappa shape index (κ2) is 7.78. The van der Waals surface area contributed by atoms with E-state index < -0.39 is 6.10 Å². The number of aliphatic hydroxyl groups is 1. The Bertz CT molecular complexity index is 545. The van der Waals surface area contributed by atoms with Gasteiger partial charge in [-0.25, -0.2) is 0 Å². The zero-order chi connectivity index (χ0) is 15.1. The summed E-state index contributed by atoms with van der Waals surface area (Å²) in [6.45, 7) is 0.846. The number of benzene rings is 2. The van der Waals surface area contributed by atoms with Gasteiger partial charge in [0.05, 0.1) is 19.3 Å². The molecule has 2 rings (SSSR count). The quantitative estimate of drug-likeness (QED) is 0.726. The first-order chi connectivity index (χ1) is 10.2. The summed E-state index contributed by atoms with van der Waals surface area (Å²) in [6.07, 6.45) is -0.627. The molecular formula is C17H22N2O2. The van der Waals surface area contributed by atoms with E-state index in [1.807, 2.05) is 54.6 Å². The van der Waals surface area contributed by atoms with Gasteiger partial charge in [-0.15, -0.1) is 0 Å². The molecule has 0 aliphatic carbocycles. The Balaban J connectivity index is 2.09. The standard InChI is InChI=1S/C17H22N2O2/c1-21-15-9-5-6-13(10-15)12-19-17(16(20)11-18)14-7-3-2-4-8-14/h2-10,16-17,19-20H,11-12,18H2,1H3/t16-,17+/m1/s1. The van der Waals surface area contributed by atoms with Crippen LogP contribution in [0.1, 0.15) is 17.2 Å². The molecule has 2 aromatic rings. The first kappa shape index (κ1) is 15.5. The minimum absolute atomic E-state index is 0.192. The number of nitrogens with two attached hydrogens (primary N) is 1. The zero-order valence-corrected chi connectivity index (χ0v) is 12.2. The van der Waals surface area contributed by atoms with Gasteiger partial charge in [0.25, 0.3) is 0 Å². The number of aliphatic hydroxyl groups excluding tert-OH is 1. The Hall–Kier alpha value is -1.88. The van der Waals surface area contributed by atoms with Gasteiger partial charge >= 0.3 is 0 Å². The molecule has 0 bridgehead atoms. The van der Waals surface area contributed by atoms with Gasteiger partial charge in [-0.05, 0) is 23.3 Å². The van der Waals surface area contributed by atoms with Crippen LogP contribution in [0.5, 0.6) is 5.75 Å². The third-order valence-electron chi connectivity index (χ3n) is 3.45. The molecule has 0 unspecified atom stereocenters. The Kier molecular flexibility index (Phi) is 5.75. The van der Waals surface area contributed by atoms with Crippen molar-refractivity contribution in [3.63, 3.8) is 0 Å². The van der Waals surface area contributed by atoms with Crippen molar-refractivity contribution in [1.29, 1.82) is 0 Å². The smallest absolute Gasteiger partial charge is 0.119 e.